The zero-order valence-corrected chi connectivity index (χ0v) is 17.0. The van der Waals surface area contributed by atoms with Gasteiger partial charge in [0.2, 0.25) is 0 Å². The Morgan fingerprint density at radius 1 is 1.22 bits per heavy atom. The molecule has 1 aromatic rings. The number of nitrogens with zero attached hydrogens (tertiary/aromatic N) is 1. The van der Waals surface area contributed by atoms with Gasteiger partial charge in [-0.3, -0.25) is 4.99 Å². The number of benzene rings is 1. The van der Waals surface area contributed by atoms with Crippen LogP contribution >= 0.6 is 24.0 Å². The molecule has 132 valence electrons. The van der Waals surface area contributed by atoms with Crippen LogP contribution in [0.15, 0.2) is 23.2 Å². The van der Waals surface area contributed by atoms with Crippen LogP contribution in [0.3, 0.4) is 0 Å². The molecule has 5 nitrogen and oxygen atoms in total. The van der Waals surface area contributed by atoms with E-state index < -0.39 is 0 Å². The average Bonchev–Trinajstić information content (AvgIpc) is 2.51. The molecule has 0 spiro atoms. The zero-order valence-electron chi connectivity index (χ0n) is 14.6. The van der Waals surface area contributed by atoms with Gasteiger partial charge in [0.15, 0.2) is 5.96 Å². The van der Waals surface area contributed by atoms with Crippen LogP contribution in [0.1, 0.15) is 24.5 Å². The van der Waals surface area contributed by atoms with Crippen molar-refractivity contribution in [3.63, 3.8) is 0 Å². The molecule has 23 heavy (non-hydrogen) atoms. The lowest BCUT2D eigenvalue weighted by atomic mass is 10.1. The molecule has 1 rings (SSSR count). The number of hydrogen-bond donors (Lipinski definition) is 2. The van der Waals surface area contributed by atoms with Crippen molar-refractivity contribution >= 4 is 29.9 Å². The van der Waals surface area contributed by atoms with E-state index in [1.54, 1.807) is 14.2 Å². The molecule has 0 heterocycles. The summed E-state index contributed by atoms with van der Waals surface area (Å²) in [5.74, 6) is 1.79. The van der Waals surface area contributed by atoms with Crippen LogP contribution in [0.2, 0.25) is 0 Å². The minimum Gasteiger partial charge on any atom is -0.496 e. The van der Waals surface area contributed by atoms with Crippen LogP contribution in [0.4, 0.5) is 0 Å². The Bertz CT molecular complexity index is 467. The third-order valence-corrected chi connectivity index (χ3v) is 3.24. The van der Waals surface area contributed by atoms with Crippen LogP contribution in [0.25, 0.3) is 0 Å². The fraction of sp³-hybridized carbons (Fsp3) is 0.588. The first-order valence-corrected chi connectivity index (χ1v) is 7.85. The van der Waals surface area contributed by atoms with Crippen LogP contribution in [-0.2, 0) is 11.2 Å². The summed E-state index contributed by atoms with van der Waals surface area (Å²) in [6.07, 6.45) is 1.83. The molecule has 0 saturated carbocycles. The minimum absolute atomic E-state index is 0. The summed E-state index contributed by atoms with van der Waals surface area (Å²) in [4.78, 5) is 4.53. The molecular weight excluding hydrogens is 405 g/mol. The largest absolute Gasteiger partial charge is 0.496 e. The van der Waals surface area contributed by atoms with Gasteiger partial charge in [0.25, 0.3) is 0 Å². The molecule has 0 aromatic heterocycles. The van der Waals surface area contributed by atoms with Crippen molar-refractivity contribution in [2.75, 3.05) is 40.5 Å². The van der Waals surface area contributed by atoms with Crippen molar-refractivity contribution in [2.24, 2.45) is 4.99 Å². The molecule has 0 aliphatic heterocycles. The van der Waals surface area contributed by atoms with Crippen LogP contribution in [0.5, 0.6) is 5.75 Å². The summed E-state index contributed by atoms with van der Waals surface area (Å²) in [5.41, 5.74) is 2.46. The number of aryl methyl sites for hydroxylation is 1. The molecule has 0 bridgehead atoms. The van der Waals surface area contributed by atoms with Gasteiger partial charge in [-0.2, -0.15) is 0 Å². The van der Waals surface area contributed by atoms with Gasteiger partial charge in [0.1, 0.15) is 5.75 Å². The second kappa shape index (κ2) is 13.4. The number of rotatable bonds is 9. The van der Waals surface area contributed by atoms with E-state index in [2.05, 4.69) is 41.6 Å². The first-order valence-electron chi connectivity index (χ1n) is 7.85. The van der Waals surface area contributed by atoms with Crippen LogP contribution in [-0.4, -0.2) is 46.4 Å². The van der Waals surface area contributed by atoms with Gasteiger partial charge in [0.05, 0.1) is 7.11 Å². The number of nitrogens with one attached hydrogen (secondary N) is 2. The van der Waals surface area contributed by atoms with E-state index in [1.807, 2.05) is 6.07 Å². The summed E-state index contributed by atoms with van der Waals surface area (Å²) in [6, 6.07) is 6.26. The summed E-state index contributed by atoms with van der Waals surface area (Å²) in [7, 11) is 3.42. The highest BCUT2D eigenvalue weighted by Gasteiger charge is 2.04. The van der Waals surface area contributed by atoms with E-state index in [9.17, 15) is 0 Å². The van der Waals surface area contributed by atoms with Gasteiger partial charge in [-0.1, -0.05) is 17.7 Å². The quantitative estimate of drug-likeness (QED) is 0.271. The highest BCUT2D eigenvalue weighted by atomic mass is 127. The van der Waals surface area contributed by atoms with E-state index in [0.717, 1.165) is 50.8 Å². The molecule has 0 atom stereocenters. The van der Waals surface area contributed by atoms with Gasteiger partial charge in [0, 0.05) is 33.4 Å². The number of guanidine groups is 1. The zero-order chi connectivity index (χ0) is 16.2. The first-order chi connectivity index (χ1) is 10.7. The van der Waals surface area contributed by atoms with E-state index in [1.165, 1.54) is 11.1 Å². The highest BCUT2D eigenvalue weighted by Crippen LogP contribution is 2.19. The van der Waals surface area contributed by atoms with Gasteiger partial charge in [-0.05, 0) is 38.3 Å². The fourth-order valence-electron chi connectivity index (χ4n) is 2.16. The molecule has 1 aromatic carbocycles. The predicted molar refractivity (Wildman–Crippen MR) is 107 cm³/mol. The van der Waals surface area contributed by atoms with Crippen molar-refractivity contribution in [1.82, 2.24) is 10.6 Å². The Hall–Kier alpha value is -1.02. The van der Waals surface area contributed by atoms with Gasteiger partial charge in [-0.25, -0.2) is 0 Å². The number of ether oxygens (including phenoxy) is 2. The molecule has 2 N–H and O–H groups in total. The Kier molecular flexibility index (Phi) is 12.8. The molecule has 0 radical (unpaired) electrons. The minimum atomic E-state index is 0. The Morgan fingerprint density at radius 2 is 2.00 bits per heavy atom. The maximum atomic E-state index is 5.41. The van der Waals surface area contributed by atoms with Crippen molar-refractivity contribution in [3.8, 4) is 5.75 Å². The molecule has 0 unspecified atom stereocenters. The topological polar surface area (TPSA) is 54.9 Å². The lowest BCUT2D eigenvalue weighted by Gasteiger charge is -2.13. The number of halogens is 1. The SMILES string of the molecule is CCNC(=NCCCOC)NCCc1cc(C)ccc1OC.I. The standard InChI is InChI=1S/C17H29N3O2.HI/c1-5-18-17(19-10-6-12-21-3)20-11-9-15-13-14(2)7-8-16(15)22-4;/h7-8,13H,5-6,9-12H2,1-4H3,(H2,18,19,20);1H. The van der Waals surface area contributed by atoms with Gasteiger partial charge in [-0.15, -0.1) is 24.0 Å². The summed E-state index contributed by atoms with van der Waals surface area (Å²) >= 11 is 0. The molecule has 0 aliphatic rings. The molecule has 6 heteroatoms. The Morgan fingerprint density at radius 3 is 2.65 bits per heavy atom. The average molecular weight is 435 g/mol. The van der Waals surface area contributed by atoms with E-state index in [0.29, 0.717) is 0 Å². The maximum Gasteiger partial charge on any atom is 0.191 e. The molecular formula is C17H30IN3O2. The molecule has 0 fully saturated rings. The number of methoxy groups -OCH3 is 2. The lowest BCUT2D eigenvalue weighted by molar-refractivity contribution is 0.197. The van der Waals surface area contributed by atoms with Crippen molar-refractivity contribution < 1.29 is 9.47 Å². The number of hydrogen-bond acceptors (Lipinski definition) is 3. The fourth-order valence-corrected chi connectivity index (χ4v) is 2.16. The predicted octanol–water partition coefficient (Wildman–Crippen LogP) is 2.76. The second-order valence-electron chi connectivity index (χ2n) is 5.10. The maximum absolute atomic E-state index is 5.41. The van der Waals surface area contributed by atoms with E-state index >= 15 is 0 Å². The second-order valence-corrected chi connectivity index (χ2v) is 5.10. The van der Waals surface area contributed by atoms with Crippen molar-refractivity contribution in [2.45, 2.75) is 26.7 Å². The monoisotopic (exact) mass is 435 g/mol. The summed E-state index contributed by atoms with van der Waals surface area (Å²) in [5, 5.41) is 6.61. The van der Waals surface area contributed by atoms with Crippen LogP contribution < -0.4 is 15.4 Å². The molecule has 0 amide bonds. The third-order valence-electron chi connectivity index (χ3n) is 3.24. The normalized spacial score (nSPS) is 10.9. The van der Waals surface area contributed by atoms with Gasteiger partial charge >= 0.3 is 0 Å². The smallest absolute Gasteiger partial charge is 0.191 e. The third kappa shape index (κ3) is 9.00. The lowest BCUT2D eigenvalue weighted by Crippen LogP contribution is -2.38. The van der Waals surface area contributed by atoms with Gasteiger partial charge < -0.3 is 20.1 Å². The van der Waals surface area contributed by atoms with Crippen LogP contribution in [0, 0.1) is 6.92 Å². The highest BCUT2D eigenvalue weighted by molar-refractivity contribution is 14.0. The first kappa shape index (κ1) is 22.0. The summed E-state index contributed by atoms with van der Waals surface area (Å²) < 4.78 is 10.4. The van der Waals surface area contributed by atoms with Crippen molar-refractivity contribution in [3.05, 3.63) is 29.3 Å². The van der Waals surface area contributed by atoms with E-state index in [4.69, 9.17) is 9.47 Å². The van der Waals surface area contributed by atoms with Crippen molar-refractivity contribution in [1.29, 1.82) is 0 Å². The van der Waals surface area contributed by atoms with E-state index in [-0.39, 0.29) is 24.0 Å². The summed E-state index contributed by atoms with van der Waals surface area (Å²) in [6.45, 7) is 7.33. The number of aliphatic imine (C=N–C) groups is 1. The Labute approximate surface area is 157 Å². The Balaban J connectivity index is 0.00000484. The molecule has 0 aliphatic carbocycles. The molecule has 0 saturated heterocycles.